The van der Waals surface area contributed by atoms with Gasteiger partial charge in [-0.3, -0.25) is 9.78 Å². The van der Waals surface area contributed by atoms with Crippen LogP contribution in [0.3, 0.4) is 0 Å². The largest absolute Gasteiger partial charge is 0.496 e. The van der Waals surface area contributed by atoms with Crippen molar-refractivity contribution >= 4 is 26.8 Å². The van der Waals surface area contributed by atoms with Crippen molar-refractivity contribution in [2.24, 2.45) is 0 Å². The van der Waals surface area contributed by atoms with Gasteiger partial charge in [0.25, 0.3) is 10.0 Å². The third-order valence-corrected chi connectivity index (χ3v) is 8.54. The minimum Gasteiger partial charge on any atom is -0.496 e. The van der Waals surface area contributed by atoms with E-state index in [0.29, 0.717) is 34.5 Å². The van der Waals surface area contributed by atoms with E-state index >= 15 is 0 Å². The Hall–Kier alpha value is -3.98. The zero-order valence-electron chi connectivity index (χ0n) is 21.9. The van der Waals surface area contributed by atoms with Crippen LogP contribution in [0.15, 0.2) is 65.6 Å². The normalized spacial score (nSPS) is 18.7. The number of methoxy groups -OCH3 is 2. The molecule has 9 heteroatoms. The maximum absolute atomic E-state index is 14.1. The number of hydrogen-bond donors (Lipinski definition) is 1. The van der Waals surface area contributed by atoms with Crippen molar-refractivity contribution < 1.29 is 22.7 Å². The van der Waals surface area contributed by atoms with Gasteiger partial charge in [0.05, 0.1) is 30.0 Å². The Balaban J connectivity index is 1.62. The number of carbonyl (C=O) groups is 1. The first-order chi connectivity index (χ1) is 18.1. The third-order valence-electron chi connectivity index (χ3n) is 7.15. The number of rotatable bonds is 7. The third kappa shape index (κ3) is 4.26. The molecule has 0 aliphatic heterocycles. The van der Waals surface area contributed by atoms with Gasteiger partial charge >= 0.3 is 0 Å². The highest BCUT2D eigenvalue weighted by Crippen LogP contribution is 2.64. The van der Waals surface area contributed by atoms with Crippen LogP contribution in [-0.4, -0.2) is 38.5 Å². The van der Waals surface area contributed by atoms with Gasteiger partial charge in [-0.25, -0.2) is 18.1 Å². The van der Waals surface area contributed by atoms with E-state index in [-0.39, 0.29) is 10.8 Å². The number of amides is 1. The minimum atomic E-state index is -4.24. The van der Waals surface area contributed by atoms with Crippen LogP contribution in [0.2, 0.25) is 0 Å². The van der Waals surface area contributed by atoms with Gasteiger partial charge in [0.15, 0.2) is 0 Å². The molecule has 8 nitrogen and oxygen atoms in total. The molecule has 2 aromatic carbocycles. The SMILES string of the molecule is COc1ccc(C)cc1[C@]1(C(=O)NS(=O)(=O)c2cccc3nc(C)ccc23)C[C@@H]1c1ccc(C)nc1OC. The molecule has 2 heterocycles. The smallest absolute Gasteiger partial charge is 0.264 e. The topological polar surface area (TPSA) is 107 Å². The summed E-state index contributed by atoms with van der Waals surface area (Å²) in [6.07, 6.45) is 0.367. The van der Waals surface area contributed by atoms with Crippen LogP contribution >= 0.6 is 0 Å². The quantitative estimate of drug-likeness (QED) is 0.374. The number of fused-ring (bicyclic) bond motifs is 1. The number of nitrogens with one attached hydrogen (secondary N) is 1. The number of benzene rings is 2. The van der Waals surface area contributed by atoms with Gasteiger partial charge in [0.1, 0.15) is 5.75 Å². The number of aromatic nitrogens is 2. The van der Waals surface area contributed by atoms with E-state index < -0.39 is 21.3 Å². The first-order valence-electron chi connectivity index (χ1n) is 12.2. The standard InChI is InChI=1S/C29H29N3O5S/c1-17-9-14-25(36-4)22(15-17)29(16-23(29)20-12-10-19(3)31-27(20)37-5)28(33)32-38(34,35)26-8-6-7-24-21(26)13-11-18(2)30-24/h6-15,23H,16H2,1-5H3,(H,32,33)/t23-,29-/m1/s1. The molecule has 38 heavy (non-hydrogen) atoms. The Bertz CT molecular complexity index is 1690. The summed E-state index contributed by atoms with van der Waals surface area (Å²) in [4.78, 5) is 23.0. The first-order valence-corrected chi connectivity index (χ1v) is 13.7. The Kier molecular flexibility index (Phi) is 6.35. The lowest BCUT2D eigenvalue weighted by atomic mass is 9.88. The Morgan fingerprint density at radius 1 is 0.947 bits per heavy atom. The lowest BCUT2D eigenvalue weighted by molar-refractivity contribution is -0.122. The molecule has 1 N–H and O–H groups in total. The van der Waals surface area contributed by atoms with E-state index in [1.807, 2.05) is 45.0 Å². The molecule has 2 aromatic heterocycles. The van der Waals surface area contributed by atoms with Crippen LogP contribution < -0.4 is 14.2 Å². The first kappa shape index (κ1) is 25.7. The molecule has 1 amide bonds. The number of aryl methyl sites for hydroxylation is 3. The van der Waals surface area contributed by atoms with Gasteiger partial charge in [-0.05, 0) is 63.6 Å². The van der Waals surface area contributed by atoms with Gasteiger partial charge in [0.2, 0.25) is 11.8 Å². The zero-order valence-corrected chi connectivity index (χ0v) is 22.7. The Morgan fingerprint density at radius 3 is 2.42 bits per heavy atom. The molecule has 0 unspecified atom stereocenters. The summed E-state index contributed by atoms with van der Waals surface area (Å²) in [5.41, 5.74) is 3.16. The van der Waals surface area contributed by atoms with Crippen molar-refractivity contribution in [3.8, 4) is 11.6 Å². The summed E-state index contributed by atoms with van der Waals surface area (Å²) in [6, 6.07) is 17.6. The molecule has 1 saturated carbocycles. The van der Waals surface area contributed by atoms with E-state index in [1.165, 1.54) is 20.3 Å². The van der Waals surface area contributed by atoms with Crippen LogP contribution in [0.1, 0.15) is 40.4 Å². The van der Waals surface area contributed by atoms with Crippen molar-refractivity contribution in [3.63, 3.8) is 0 Å². The van der Waals surface area contributed by atoms with Crippen LogP contribution in [0.4, 0.5) is 0 Å². The van der Waals surface area contributed by atoms with E-state index in [4.69, 9.17) is 9.47 Å². The van der Waals surface area contributed by atoms with Gasteiger partial charge in [0, 0.05) is 33.8 Å². The fraction of sp³-hybridized carbons (Fsp3) is 0.276. The van der Waals surface area contributed by atoms with E-state index in [9.17, 15) is 13.2 Å². The van der Waals surface area contributed by atoms with Gasteiger partial charge in [-0.1, -0.05) is 29.8 Å². The molecule has 1 aliphatic carbocycles. The summed E-state index contributed by atoms with van der Waals surface area (Å²) in [5.74, 6) is -0.0800. The highest BCUT2D eigenvalue weighted by atomic mass is 32.2. The van der Waals surface area contributed by atoms with Crippen LogP contribution in [0, 0.1) is 20.8 Å². The highest BCUT2D eigenvalue weighted by molar-refractivity contribution is 7.90. The molecule has 0 bridgehead atoms. The molecule has 2 atom stereocenters. The number of nitrogens with zero attached hydrogens (tertiary/aromatic N) is 2. The Morgan fingerprint density at radius 2 is 1.68 bits per heavy atom. The molecule has 1 fully saturated rings. The molecule has 0 saturated heterocycles. The summed E-state index contributed by atoms with van der Waals surface area (Å²) in [5, 5.41) is 0.442. The number of sulfonamides is 1. The van der Waals surface area contributed by atoms with E-state index in [0.717, 1.165) is 22.5 Å². The van der Waals surface area contributed by atoms with Crippen molar-refractivity contribution in [2.75, 3.05) is 14.2 Å². The number of pyridine rings is 2. The molecular formula is C29H29N3O5S. The second kappa shape index (κ2) is 9.40. The van der Waals surface area contributed by atoms with Crippen molar-refractivity contribution in [1.82, 2.24) is 14.7 Å². The summed E-state index contributed by atoms with van der Waals surface area (Å²) < 4.78 is 40.9. The van der Waals surface area contributed by atoms with Crippen molar-refractivity contribution in [3.05, 3.63) is 88.7 Å². The second-order valence-corrected chi connectivity index (χ2v) is 11.3. The maximum atomic E-state index is 14.1. The molecule has 1 aliphatic rings. The average molecular weight is 532 g/mol. The van der Waals surface area contributed by atoms with Crippen molar-refractivity contribution in [2.45, 2.75) is 43.4 Å². The summed E-state index contributed by atoms with van der Waals surface area (Å²) in [7, 11) is -1.17. The molecule has 5 rings (SSSR count). The maximum Gasteiger partial charge on any atom is 0.264 e. The minimum absolute atomic E-state index is 0.00556. The lowest BCUT2D eigenvalue weighted by Crippen LogP contribution is -2.40. The zero-order chi connectivity index (χ0) is 27.2. The lowest BCUT2D eigenvalue weighted by Gasteiger charge is -2.22. The van der Waals surface area contributed by atoms with Crippen LogP contribution in [-0.2, 0) is 20.2 Å². The molecular weight excluding hydrogens is 502 g/mol. The van der Waals surface area contributed by atoms with Crippen molar-refractivity contribution in [1.29, 1.82) is 0 Å². The van der Waals surface area contributed by atoms with Crippen LogP contribution in [0.25, 0.3) is 10.9 Å². The highest BCUT2D eigenvalue weighted by Gasteiger charge is 2.64. The summed E-state index contributed by atoms with van der Waals surface area (Å²) in [6.45, 7) is 5.61. The summed E-state index contributed by atoms with van der Waals surface area (Å²) >= 11 is 0. The van der Waals surface area contributed by atoms with Gasteiger partial charge < -0.3 is 9.47 Å². The predicted octanol–water partition coefficient (Wildman–Crippen LogP) is 4.50. The Labute approximate surface area is 222 Å². The predicted molar refractivity (Wildman–Crippen MR) is 144 cm³/mol. The van der Waals surface area contributed by atoms with Crippen LogP contribution in [0.5, 0.6) is 11.6 Å². The monoisotopic (exact) mass is 531 g/mol. The number of carbonyl (C=O) groups excluding carboxylic acids is 1. The van der Waals surface area contributed by atoms with Gasteiger partial charge in [-0.2, -0.15) is 0 Å². The average Bonchev–Trinajstić information content (AvgIpc) is 3.64. The molecule has 196 valence electrons. The van der Waals surface area contributed by atoms with Gasteiger partial charge in [-0.15, -0.1) is 0 Å². The number of hydrogen-bond acceptors (Lipinski definition) is 7. The number of ether oxygens (including phenoxy) is 2. The van der Waals surface area contributed by atoms with E-state index in [1.54, 1.807) is 30.3 Å². The molecule has 0 radical (unpaired) electrons. The molecule has 4 aromatic rings. The fourth-order valence-electron chi connectivity index (χ4n) is 5.18. The van der Waals surface area contributed by atoms with E-state index in [2.05, 4.69) is 14.7 Å². The molecule has 0 spiro atoms. The fourth-order valence-corrected chi connectivity index (χ4v) is 6.44. The second-order valence-electron chi connectivity index (χ2n) is 9.69.